The summed E-state index contributed by atoms with van der Waals surface area (Å²) in [6.45, 7) is 2.43. The molecule has 2 aromatic rings. The van der Waals surface area contributed by atoms with Gasteiger partial charge in [-0.2, -0.15) is 5.10 Å². The molecule has 0 aliphatic heterocycles. The minimum Gasteiger partial charge on any atom is -0.328 e. The van der Waals surface area contributed by atoms with Gasteiger partial charge in [0.15, 0.2) is 0 Å². The molecule has 1 aromatic carbocycles. The molecule has 0 bridgehead atoms. The Kier molecular flexibility index (Phi) is 3.01. The van der Waals surface area contributed by atoms with E-state index in [-0.39, 0.29) is 11.6 Å². The van der Waals surface area contributed by atoms with Crippen LogP contribution in [0.4, 0.5) is 0 Å². The average molecular weight is 217 g/mol. The Labute approximate surface area is 93.7 Å². The highest BCUT2D eigenvalue weighted by atomic mass is 16.1. The van der Waals surface area contributed by atoms with Gasteiger partial charge in [-0.25, -0.2) is 4.68 Å². The van der Waals surface area contributed by atoms with Crippen molar-refractivity contribution in [2.75, 3.05) is 6.54 Å². The van der Waals surface area contributed by atoms with Crippen molar-refractivity contribution >= 4 is 10.8 Å². The predicted octanol–water partition coefficient (Wildman–Crippen LogP) is 1.31. The summed E-state index contributed by atoms with van der Waals surface area (Å²) in [4.78, 5) is 12.1. The molecule has 4 nitrogen and oxygen atoms in total. The SMILES string of the molecule is CCC(CN)n1ncc2ccccc2c1=O. The van der Waals surface area contributed by atoms with E-state index in [2.05, 4.69) is 5.10 Å². The second-order valence-electron chi connectivity index (χ2n) is 3.78. The first-order valence-electron chi connectivity index (χ1n) is 5.44. The molecule has 4 heteroatoms. The lowest BCUT2D eigenvalue weighted by atomic mass is 10.2. The number of hydrogen-bond donors (Lipinski definition) is 1. The van der Waals surface area contributed by atoms with E-state index >= 15 is 0 Å². The zero-order valence-electron chi connectivity index (χ0n) is 9.26. The Morgan fingerprint density at radius 2 is 2.19 bits per heavy atom. The third kappa shape index (κ3) is 1.72. The molecule has 0 aliphatic rings. The van der Waals surface area contributed by atoms with Crippen LogP contribution in [0, 0.1) is 0 Å². The average Bonchev–Trinajstić information content (AvgIpc) is 2.34. The number of fused-ring (bicyclic) bond motifs is 1. The molecule has 0 fully saturated rings. The largest absolute Gasteiger partial charge is 0.328 e. The lowest BCUT2D eigenvalue weighted by Gasteiger charge is -2.14. The number of nitrogens with two attached hydrogens (primary N) is 1. The molecule has 1 aromatic heterocycles. The number of hydrogen-bond acceptors (Lipinski definition) is 3. The summed E-state index contributed by atoms with van der Waals surface area (Å²) in [6, 6.07) is 7.44. The first-order chi connectivity index (χ1) is 7.77. The Hall–Kier alpha value is -1.68. The van der Waals surface area contributed by atoms with Gasteiger partial charge in [0.2, 0.25) is 0 Å². The van der Waals surface area contributed by atoms with Gasteiger partial charge in [-0.1, -0.05) is 25.1 Å². The van der Waals surface area contributed by atoms with Gasteiger partial charge >= 0.3 is 0 Å². The normalized spacial score (nSPS) is 12.9. The summed E-state index contributed by atoms with van der Waals surface area (Å²) in [5.41, 5.74) is 5.57. The van der Waals surface area contributed by atoms with E-state index in [1.807, 2.05) is 31.2 Å². The van der Waals surface area contributed by atoms with Crippen molar-refractivity contribution in [1.82, 2.24) is 9.78 Å². The molecule has 1 unspecified atom stereocenters. The standard InChI is InChI=1S/C12H15N3O/c1-2-10(7-13)15-12(16)11-6-4-3-5-9(11)8-14-15/h3-6,8,10H,2,7,13H2,1H3. The molecule has 2 N–H and O–H groups in total. The number of benzene rings is 1. The lowest BCUT2D eigenvalue weighted by Crippen LogP contribution is -2.31. The molecular formula is C12H15N3O. The quantitative estimate of drug-likeness (QED) is 0.843. The fraction of sp³-hybridized carbons (Fsp3) is 0.333. The summed E-state index contributed by atoms with van der Waals surface area (Å²) in [7, 11) is 0. The van der Waals surface area contributed by atoms with Gasteiger partial charge < -0.3 is 5.73 Å². The topological polar surface area (TPSA) is 60.9 Å². The third-order valence-electron chi connectivity index (χ3n) is 2.81. The van der Waals surface area contributed by atoms with Gasteiger partial charge in [0, 0.05) is 11.9 Å². The molecule has 2 rings (SSSR count). The second-order valence-corrected chi connectivity index (χ2v) is 3.78. The van der Waals surface area contributed by atoms with Gasteiger partial charge in [0.05, 0.1) is 17.6 Å². The van der Waals surface area contributed by atoms with Crippen molar-refractivity contribution in [3.8, 4) is 0 Å². The lowest BCUT2D eigenvalue weighted by molar-refractivity contribution is 0.432. The van der Waals surface area contributed by atoms with Crippen molar-refractivity contribution in [3.05, 3.63) is 40.8 Å². The van der Waals surface area contributed by atoms with Gasteiger partial charge in [-0.15, -0.1) is 0 Å². The van der Waals surface area contributed by atoms with E-state index in [0.29, 0.717) is 11.9 Å². The summed E-state index contributed by atoms with van der Waals surface area (Å²) in [6.07, 6.45) is 2.52. The molecule has 0 spiro atoms. The van der Waals surface area contributed by atoms with Crippen LogP contribution in [0.1, 0.15) is 19.4 Å². The van der Waals surface area contributed by atoms with Crippen LogP contribution >= 0.6 is 0 Å². The monoisotopic (exact) mass is 217 g/mol. The van der Waals surface area contributed by atoms with Crippen molar-refractivity contribution < 1.29 is 0 Å². The van der Waals surface area contributed by atoms with Crippen LogP contribution in [0.3, 0.4) is 0 Å². The highest BCUT2D eigenvalue weighted by Gasteiger charge is 2.11. The summed E-state index contributed by atoms with van der Waals surface area (Å²) < 4.78 is 1.49. The van der Waals surface area contributed by atoms with E-state index in [9.17, 15) is 4.79 Å². The van der Waals surface area contributed by atoms with Crippen molar-refractivity contribution in [3.63, 3.8) is 0 Å². The van der Waals surface area contributed by atoms with Gasteiger partial charge in [-0.3, -0.25) is 4.79 Å². The van der Waals surface area contributed by atoms with Gasteiger partial charge in [0.1, 0.15) is 0 Å². The van der Waals surface area contributed by atoms with Gasteiger partial charge in [0.25, 0.3) is 5.56 Å². The first-order valence-corrected chi connectivity index (χ1v) is 5.44. The van der Waals surface area contributed by atoms with E-state index < -0.39 is 0 Å². The Morgan fingerprint density at radius 1 is 1.44 bits per heavy atom. The maximum absolute atomic E-state index is 12.1. The van der Waals surface area contributed by atoms with Crippen LogP contribution in [0.15, 0.2) is 35.3 Å². The summed E-state index contributed by atoms with van der Waals surface area (Å²) >= 11 is 0. The van der Waals surface area contributed by atoms with Crippen LogP contribution in [-0.2, 0) is 0 Å². The first kappa shape index (κ1) is 10.8. The van der Waals surface area contributed by atoms with Crippen molar-refractivity contribution in [2.45, 2.75) is 19.4 Å². The molecule has 0 radical (unpaired) electrons. The highest BCUT2D eigenvalue weighted by Crippen LogP contribution is 2.10. The minimum atomic E-state index is -0.0598. The Balaban J connectivity index is 2.65. The van der Waals surface area contributed by atoms with Gasteiger partial charge in [-0.05, 0) is 12.5 Å². The van der Waals surface area contributed by atoms with Crippen LogP contribution in [0.25, 0.3) is 10.8 Å². The molecule has 0 saturated heterocycles. The Morgan fingerprint density at radius 3 is 2.88 bits per heavy atom. The third-order valence-corrected chi connectivity index (χ3v) is 2.81. The van der Waals surface area contributed by atoms with E-state index in [0.717, 1.165) is 11.8 Å². The summed E-state index contributed by atoms with van der Waals surface area (Å²) in [5, 5.41) is 5.74. The zero-order valence-corrected chi connectivity index (χ0v) is 9.26. The van der Waals surface area contributed by atoms with Crippen molar-refractivity contribution in [2.24, 2.45) is 5.73 Å². The summed E-state index contributed by atoms with van der Waals surface area (Å²) in [5.74, 6) is 0. The molecule has 1 heterocycles. The van der Waals surface area contributed by atoms with Crippen LogP contribution < -0.4 is 11.3 Å². The number of rotatable bonds is 3. The fourth-order valence-corrected chi connectivity index (χ4v) is 1.80. The van der Waals surface area contributed by atoms with E-state index in [1.165, 1.54) is 4.68 Å². The Bertz CT molecular complexity index is 543. The molecule has 0 amide bonds. The number of nitrogens with zero attached hydrogens (tertiary/aromatic N) is 2. The molecule has 1 atom stereocenters. The van der Waals surface area contributed by atoms with E-state index in [1.54, 1.807) is 6.20 Å². The van der Waals surface area contributed by atoms with E-state index in [4.69, 9.17) is 5.73 Å². The minimum absolute atomic E-state index is 0.0166. The van der Waals surface area contributed by atoms with Crippen LogP contribution in [-0.4, -0.2) is 16.3 Å². The van der Waals surface area contributed by atoms with Crippen molar-refractivity contribution in [1.29, 1.82) is 0 Å². The molecular weight excluding hydrogens is 202 g/mol. The predicted molar refractivity (Wildman–Crippen MR) is 64.4 cm³/mol. The highest BCUT2D eigenvalue weighted by molar-refractivity contribution is 5.80. The number of aromatic nitrogens is 2. The molecule has 84 valence electrons. The second kappa shape index (κ2) is 4.45. The van der Waals surface area contributed by atoms with Crippen LogP contribution in [0.5, 0.6) is 0 Å². The molecule has 0 saturated carbocycles. The van der Waals surface area contributed by atoms with Crippen LogP contribution in [0.2, 0.25) is 0 Å². The molecule has 0 aliphatic carbocycles. The zero-order chi connectivity index (χ0) is 11.5. The molecule has 16 heavy (non-hydrogen) atoms. The smallest absolute Gasteiger partial charge is 0.274 e. The fourth-order valence-electron chi connectivity index (χ4n) is 1.80. The maximum Gasteiger partial charge on any atom is 0.274 e. The maximum atomic E-state index is 12.1.